The maximum atomic E-state index is 13.4. The summed E-state index contributed by atoms with van der Waals surface area (Å²) in [6.45, 7) is 4.59. The van der Waals surface area contributed by atoms with E-state index in [9.17, 15) is 14.9 Å². The molecule has 0 saturated heterocycles. The molecule has 3 aromatic carbocycles. The van der Waals surface area contributed by atoms with Gasteiger partial charge in [-0.2, -0.15) is 14.6 Å². The summed E-state index contributed by atoms with van der Waals surface area (Å²) in [6, 6.07) is 21.8. The van der Waals surface area contributed by atoms with E-state index in [0.29, 0.717) is 45.4 Å². The monoisotopic (exact) mass is 606 g/mol. The number of fused-ring (bicyclic) bond motifs is 1. The molecule has 220 valence electrons. The Morgan fingerprint density at radius 2 is 1.73 bits per heavy atom. The second kappa shape index (κ2) is 12.3. The Kier molecular flexibility index (Phi) is 7.98. The summed E-state index contributed by atoms with van der Waals surface area (Å²) in [5, 5.41) is 21.0. The highest BCUT2D eigenvalue weighted by Gasteiger charge is 2.20. The molecule has 0 atom stereocenters. The quantitative estimate of drug-likeness (QED) is 0.149. The number of thiazole rings is 1. The number of nitro groups is 1. The van der Waals surface area contributed by atoms with Crippen LogP contribution >= 0.6 is 11.3 Å². The van der Waals surface area contributed by atoms with Gasteiger partial charge in [0.2, 0.25) is 4.96 Å². The van der Waals surface area contributed by atoms with Crippen LogP contribution in [-0.2, 0) is 0 Å². The van der Waals surface area contributed by atoms with Crippen molar-refractivity contribution >= 4 is 40.2 Å². The highest BCUT2D eigenvalue weighted by atomic mass is 32.1. The minimum absolute atomic E-state index is 0.168. The zero-order chi connectivity index (χ0) is 30.6. The van der Waals surface area contributed by atoms with Crippen LogP contribution in [0.5, 0.6) is 11.5 Å². The number of para-hydroxylation sites is 1. The van der Waals surface area contributed by atoms with Gasteiger partial charge in [0.25, 0.3) is 5.56 Å². The lowest BCUT2D eigenvalue weighted by molar-refractivity contribution is -0.385. The van der Waals surface area contributed by atoms with Gasteiger partial charge in [0.05, 0.1) is 28.4 Å². The van der Waals surface area contributed by atoms with Gasteiger partial charge in [0, 0.05) is 23.4 Å². The minimum atomic E-state index is -0.482. The van der Waals surface area contributed by atoms with E-state index in [0.717, 1.165) is 17.0 Å². The van der Waals surface area contributed by atoms with E-state index >= 15 is 0 Å². The summed E-state index contributed by atoms with van der Waals surface area (Å²) in [7, 11) is 0. The second-order valence-electron chi connectivity index (χ2n) is 9.50. The molecule has 0 fully saturated rings. The van der Waals surface area contributed by atoms with E-state index in [4.69, 9.17) is 14.6 Å². The lowest BCUT2D eigenvalue weighted by Crippen LogP contribution is -2.23. The molecule has 3 heterocycles. The van der Waals surface area contributed by atoms with Crippen molar-refractivity contribution in [1.29, 1.82) is 0 Å². The number of nitrogens with zero attached hydrogens (tertiary/aromatic N) is 6. The molecular weight excluding hydrogens is 580 g/mol. The third-order valence-electron chi connectivity index (χ3n) is 6.59. The van der Waals surface area contributed by atoms with Crippen molar-refractivity contribution < 1.29 is 14.4 Å². The average Bonchev–Trinajstić information content (AvgIpc) is 3.72. The molecular formula is C32H26N6O5S. The fraction of sp³-hybridized carbons (Fsp3) is 0.125. The fourth-order valence-corrected chi connectivity index (χ4v) is 5.49. The maximum Gasteiger partial charge on any atom is 0.311 e. The first-order chi connectivity index (χ1) is 21.4. The largest absolute Gasteiger partial charge is 0.494 e. The molecule has 0 aliphatic rings. The van der Waals surface area contributed by atoms with E-state index in [-0.39, 0.29) is 17.0 Å². The molecule has 0 spiro atoms. The Labute approximate surface area is 255 Å². The van der Waals surface area contributed by atoms with Crippen LogP contribution in [0, 0.1) is 10.1 Å². The molecule has 0 aliphatic heterocycles. The van der Waals surface area contributed by atoms with Gasteiger partial charge in [-0.05, 0) is 68.0 Å². The van der Waals surface area contributed by atoms with Gasteiger partial charge in [-0.3, -0.25) is 14.9 Å². The van der Waals surface area contributed by atoms with Gasteiger partial charge < -0.3 is 9.47 Å². The molecule has 6 rings (SSSR count). The molecule has 0 N–H and O–H groups in total. The van der Waals surface area contributed by atoms with Gasteiger partial charge in [-0.25, -0.2) is 4.68 Å². The van der Waals surface area contributed by atoms with Crippen LogP contribution in [0.25, 0.3) is 40.1 Å². The molecule has 0 radical (unpaired) electrons. The van der Waals surface area contributed by atoms with Crippen LogP contribution in [0.4, 0.5) is 5.69 Å². The van der Waals surface area contributed by atoms with Crippen LogP contribution in [0.3, 0.4) is 0 Å². The smallest absolute Gasteiger partial charge is 0.311 e. The maximum absolute atomic E-state index is 13.4. The number of benzene rings is 3. The van der Waals surface area contributed by atoms with Crippen molar-refractivity contribution in [3.63, 3.8) is 0 Å². The molecule has 6 aromatic rings. The molecule has 12 heteroatoms. The van der Waals surface area contributed by atoms with Crippen molar-refractivity contribution in [2.45, 2.75) is 13.8 Å². The number of rotatable bonds is 10. The summed E-state index contributed by atoms with van der Waals surface area (Å²) >= 11 is 1.20. The first-order valence-electron chi connectivity index (χ1n) is 13.8. The average molecular weight is 607 g/mol. The summed E-state index contributed by atoms with van der Waals surface area (Å²) < 4.78 is 14.3. The Hall–Kier alpha value is -5.62. The zero-order valence-corrected chi connectivity index (χ0v) is 24.6. The van der Waals surface area contributed by atoms with Crippen LogP contribution in [0.1, 0.15) is 30.8 Å². The van der Waals surface area contributed by atoms with E-state index in [1.54, 1.807) is 42.1 Å². The number of nitro benzene ring substituents is 1. The zero-order valence-electron chi connectivity index (χ0n) is 23.8. The van der Waals surface area contributed by atoms with Crippen molar-refractivity contribution in [1.82, 2.24) is 24.4 Å². The Balaban J connectivity index is 1.39. The summed E-state index contributed by atoms with van der Waals surface area (Å²) in [4.78, 5) is 29.7. The number of ether oxygens (including phenoxy) is 2. The topological polar surface area (TPSA) is 127 Å². The summed E-state index contributed by atoms with van der Waals surface area (Å²) in [5.74, 6) is 1.38. The van der Waals surface area contributed by atoms with E-state index in [1.165, 1.54) is 21.9 Å². The van der Waals surface area contributed by atoms with Gasteiger partial charge in [-0.15, -0.1) is 5.10 Å². The van der Waals surface area contributed by atoms with Crippen LogP contribution < -0.4 is 19.6 Å². The Morgan fingerprint density at radius 3 is 2.43 bits per heavy atom. The fourth-order valence-electron chi connectivity index (χ4n) is 4.59. The molecule has 3 aromatic heterocycles. The second-order valence-corrected chi connectivity index (χ2v) is 10.5. The molecule has 11 nitrogen and oxygen atoms in total. The molecule has 0 bridgehead atoms. The highest BCUT2D eigenvalue weighted by molar-refractivity contribution is 7.15. The van der Waals surface area contributed by atoms with Gasteiger partial charge in [-0.1, -0.05) is 47.7 Å². The van der Waals surface area contributed by atoms with E-state index in [1.807, 2.05) is 67.6 Å². The summed E-state index contributed by atoms with van der Waals surface area (Å²) in [6.07, 6.45) is 7.11. The number of hydrogen-bond acceptors (Lipinski definition) is 9. The standard InChI is InChI=1S/C32H26N6O5S/c1-3-42-25-14-10-21(11-15-25)12-17-29-33-32-37(34-29)31(39)28(44-32)19-23-20-36(24-8-6-5-7-9-24)35-30(23)22-13-16-27(43-4-2)26(18-22)38(40)41/h5-20H,3-4H2,1-2H3/b17-12+,28-19-. The predicted octanol–water partition coefficient (Wildman–Crippen LogP) is 5.43. The molecule has 0 amide bonds. The lowest BCUT2D eigenvalue weighted by Gasteiger charge is -2.06. The third-order valence-corrected chi connectivity index (χ3v) is 7.55. The SMILES string of the molecule is CCOc1ccc(/C=C/c2nc3s/c(=C\c4cn(-c5ccccc5)nc4-c4ccc(OCC)c([N+](=O)[O-])c4)c(=O)n3n2)cc1. The normalized spacial score (nSPS) is 11.9. The van der Waals surface area contributed by atoms with Crippen LogP contribution in [0.2, 0.25) is 0 Å². The predicted molar refractivity (Wildman–Crippen MR) is 169 cm³/mol. The highest BCUT2D eigenvalue weighted by Crippen LogP contribution is 2.34. The van der Waals surface area contributed by atoms with Gasteiger partial charge >= 0.3 is 5.69 Å². The van der Waals surface area contributed by atoms with Crippen molar-refractivity contribution in [2.24, 2.45) is 0 Å². The van der Waals surface area contributed by atoms with E-state index < -0.39 is 4.92 Å². The first kappa shape index (κ1) is 28.5. The Bertz CT molecular complexity index is 2100. The van der Waals surface area contributed by atoms with Crippen molar-refractivity contribution in [3.8, 4) is 28.4 Å². The van der Waals surface area contributed by atoms with Crippen LogP contribution in [0.15, 0.2) is 83.8 Å². The van der Waals surface area contributed by atoms with Crippen molar-refractivity contribution in [3.05, 3.63) is 121 Å². The number of aromatic nitrogens is 5. The van der Waals surface area contributed by atoms with Crippen molar-refractivity contribution in [2.75, 3.05) is 13.2 Å². The van der Waals surface area contributed by atoms with Gasteiger partial charge in [0.15, 0.2) is 11.6 Å². The van der Waals surface area contributed by atoms with E-state index in [2.05, 4.69) is 10.1 Å². The molecule has 0 unspecified atom stereocenters. The molecule has 0 saturated carbocycles. The Morgan fingerprint density at radius 1 is 0.955 bits per heavy atom. The third kappa shape index (κ3) is 5.83. The van der Waals surface area contributed by atoms with Crippen LogP contribution in [-0.4, -0.2) is 42.5 Å². The first-order valence-corrected chi connectivity index (χ1v) is 14.6. The van der Waals surface area contributed by atoms with Gasteiger partial charge in [0.1, 0.15) is 11.4 Å². The molecule has 44 heavy (non-hydrogen) atoms. The summed E-state index contributed by atoms with van der Waals surface area (Å²) in [5.41, 5.74) is 2.83. The number of hydrogen-bond donors (Lipinski definition) is 0. The lowest BCUT2D eigenvalue weighted by atomic mass is 10.1. The minimum Gasteiger partial charge on any atom is -0.494 e. The molecule has 0 aliphatic carbocycles.